The topological polar surface area (TPSA) is 72.0 Å². The lowest BCUT2D eigenvalue weighted by atomic mass is 10.2. The smallest absolute Gasteiger partial charge is 0.202 e. The fourth-order valence-electron chi connectivity index (χ4n) is 0.885. The van der Waals surface area contributed by atoms with Gasteiger partial charge in [-0.1, -0.05) is 13.8 Å². The van der Waals surface area contributed by atoms with E-state index in [0.717, 1.165) is 5.82 Å². The molecule has 1 rings (SSSR count). The van der Waals surface area contributed by atoms with Crippen molar-refractivity contribution in [3.8, 4) is 0 Å². The van der Waals surface area contributed by atoms with E-state index in [1.165, 1.54) is 17.8 Å². The molecule has 0 aromatic carbocycles. The molecule has 86 valence electrons. The molecule has 1 heterocycles. The third-order valence-corrected chi connectivity index (χ3v) is 3.34. The second-order valence-electron chi connectivity index (χ2n) is 3.67. The number of rotatable bonds is 5. The maximum absolute atomic E-state index is 10.9. The van der Waals surface area contributed by atoms with Crippen LogP contribution in [0.5, 0.6) is 0 Å². The Morgan fingerprint density at radius 1 is 1.47 bits per heavy atom. The monoisotopic (exact) mass is 249 g/mol. The Hall–Kier alpha value is -0.690. The van der Waals surface area contributed by atoms with Crippen LogP contribution < -0.4 is 5.32 Å². The molecule has 1 N–H and O–H groups in total. The Labute approximate surface area is 94.0 Å². The third-order valence-electron chi connectivity index (χ3n) is 1.71. The van der Waals surface area contributed by atoms with Crippen LogP contribution in [0, 0.1) is 0 Å². The van der Waals surface area contributed by atoms with Crippen molar-refractivity contribution in [2.75, 3.05) is 23.9 Å². The number of aromatic nitrogens is 2. The largest absolute Gasteiger partial charge is 0.359 e. The van der Waals surface area contributed by atoms with Crippen molar-refractivity contribution in [1.29, 1.82) is 0 Å². The predicted octanol–water partition coefficient (Wildman–Crippen LogP) is 1.12. The van der Waals surface area contributed by atoms with E-state index in [9.17, 15) is 8.42 Å². The first-order valence-corrected chi connectivity index (χ1v) is 7.47. The van der Waals surface area contributed by atoms with Gasteiger partial charge < -0.3 is 5.32 Å². The van der Waals surface area contributed by atoms with Crippen molar-refractivity contribution >= 4 is 26.5 Å². The Kier molecular flexibility index (Phi) is 4.04. The highest BCUT2D eigenvalue weighted by Gasteiger charge is 2.07. The van der Waals surface area contributed by atoms with Gasteiger partial charge in [0.05, 0.1) is 5.75 Å². The van der Waals surface area contributed by atoms with Crippen LogP contribution in [-0.4, -0.2) is 36.3 Å². The summed E-state index contributed by atoms with van der Waals surface area (Å²) in [4.78, 5) is 4.23. The van der Waals surface area contributed by atoms with Gasteiger partial charge in [0.25, 0.3) is 0 Å². The highest BCUT2D eigenvalue weighted by atomic mass is 32.2. The first-order chi connectivity index (χ1) is 6.88. The minimum Gasteiger partial charge on any atom is -0.359 e. The number of hydrogen-bond acceptors (Lipinski definition) is 6. The van der Waals surface area contributed by atoms with Gasteiger partial charge in [-0.05, 0) is 0 Å². The molecule has 5 nitrogen and oxygen atoms in total. The molecule has 0 saturated carbocycles. The van der Waals surface area contributed by atoms with E-state index in [1.807, 2.05) is 13.8 Å². The Morgan fingerprint density at radius 3 is 2.60 bits per heavy atom. The van der Waals surface area contributed by atoms with Gasteiger partial charge in [-0.25, -0.2) is 13.4 Å². The fourth-order valence-corrected chi connectivity index (χ4v) is 2.09. The summed E-state index contributed by atoms with van der Waals surface area (Å²) in [5.74, 6) is 1.21. The molecule has 0 saturated heterocycles. The Bertz CT molecular complexity index is 411. The zero-order valence-electron chi connectivity index (χ0n) is 9.02. The molecule has 0 spiro atoms. The maximum Gasteiger partial charge on any atom is 0.202 e. The number of anilines is 1. The molecule has 0 bridgehead atoms. The normalized spacial score (nSPS) is 12.0. The van der Waals surface area contributed by atoms with Crippen LogP contribution in [0.4, 0.5) is 5.13 Å². The van der Waals surface area contributed by atoms with Crippen molar-refractivity contribution in [1.82, 2.24) is 9.36 Å². The minimum absolute atomic E-state index is 0.115. The highest BCUT2D eigenvalue weighted by molar-refractivity contribution is 7.90. The molecule has 0 amide bonds. The van der Waals surface area contributed by atoms with Crippen LogP contribution in [-0.2, 0) is 9.84 Å². The van der Waals surface area contributed by atoms with E-state index >= 15 is 0 Å². The number of hydrogen-bond donors (Lipinski definition) is 1. The number of nitrogens with one attached hydrogen (secondary N) is 1. The Balaban J connectivity index is 2.45. The van der Waals surface area contributed by atoms with E-state index < -0.39 is 9.84 Å². The summed E-state index contributed by atoms with van der Waals surface area (Å²) < 4.78 is 25.9. The quantitative estimate of drug-likeness (QED) is 0.846. The van der Waals surface area contributed by atoms with Crippen LogP contribution in [0.1, 0.15) is 25.6 Å². The highest BCUT2D eigenvalue weighted by Crippen LogP contribution is 2.16. The lowest BCUT2D eigenvalue weighted by Gasteiger charge is -1.99. The van der Waals surface area contributed by atoms with Gasteiger partial charge in [0, 0.05) is 30.3 Å². The summed E-state index contributed by atoms with van der Waals surface area (Å²) in [6.45, 7) is 4.41. The number of sulfone groups is 1. The van der Waals surface area contributed by atoms with Crippen molar-refractivity contribution in [2.24, 2.45) is 0 Å². The lowest BCUT2D eigenvalue weighted by molar-refractivity contribution is 0.602. The molecule has 0 unspecified atom stereocenters. The van der Waals surface area contributed by atoms with Crippen LogP contribution in [0.3, 0.4) is 0 Å². The maximum atomic E-state index is 10.9. The fraction of sp³-hybridized carbons (Fsp3) is 0.750. The summed E-state index contributed by atoms with van der Waals surface area (Å²) in [6, 6.07) is 0. The minimum atomic E-state index is -2.91. The van der Waals surface area contributed by atoms with Crippen LogP contribution in [0.15, 0.2) is 0 Å². The first-order valence-electron chi connectivity index (χ1n) is 4.63. The van der Waals surface area contributed by atoms with E-state index in [4.69, 9.17) is 0 Å². The summed E-state index contributed by atoms with van der Waals surface area (Å²) in [5.41, 5.74) is 0. The van der Waals surface area contributed by atoms with Crippen molar-refractivity contribution in [3.05, 3.63) is 5.82 Å². The summed E-state index contributed by atoms with van der Waals surface area (Å²) in [7, 11) is -2.91. The first kappa shape index (κ1) is 12.4. The molecule has 0 aliphatic carbocycles. The summed E-state index contributed by atoms with van der Waals surface area (Å²) in [5, 5.41) is 3.62. The zero-order chi connectivity index (χ0) is 11.5. The molecule has 1 aromatic heterocycles. The molecule has 0 radical (unpaired) electrons. The van der Waals surface area contributed by atoms with E-state index in [1.54, 1.807) is 0 Å². The molecule has 0 atom stereocenters. The predicted molar refractivity (Wildman–Crippen MR) is 62.2 cm³/mol. The van der Waals surface area contributed by atoms with E-state index in [-0.39, 0.29) is 5.75 Å². The summed E-state index contributed by atoms with van der Waals surface area (Å²) >= 11 is 1.26. The van der Waals surface area contributed by atoms with Crippen molar-refractivity contribution < 1.29 is 8.42 Å². The summed E-state index contributed by atoms with van der Waals surface area (Å²) in [6.07, 6.45) is 1.22. The number of nitrogens with zero attached hydrogens (tertiary/aromatic N) is 2. The van der Waals surface area contributed by atoms with Crippen LogP contribution in [0.25, 0.3) is 0 Å². The van der Waals surface area contributed by atoms with Gasteiger partial charge >= 0.3 is 0 Å². The molecular formula is C8H15N3O2S2. The van der Waals surface area contributed by atoms with Crippen molar-refractivity contribution in [3.63, 3.8) is 0 Å². The van der Waals surface area contributed by atoms with Crippen LogP contribution >= 0.6 is 11.5 Å². The molecule has 0 fully saturated rings. The Morgan fingerprint density at radius 2 is 2.13 bits per heavy atom. The van der Waals surface area contributed by atoms with Gasteiger partial charge in [0.2, 0.25) is 5.13 Å². The molecular weight excluding hydrogens is 234 g/mol. The second-order valence-corrected chi connectivity index (χ2v) is 6.68. The van der Waals surface area contributed by atoms with Crippen molar-refractivity contribution in [2.45, 2.75) is 19.8 Å². The van der Waals surface area contributed by atoms with E-state index in [0.29, 0.717) is 17.6 Å². The molecule has 0 aliphatic rings. The second kappa shape index (κ2) is 4.89. The third kappa shape index (κ3) is 4.57. The van der Waals surface area contributed by atoms with Crippen LogP contribution in [0.2, 0.25) is 0 Å². The van der Waals surface area contributed by atoms with E-state index in [2.05, 4.69) is 14.7 Å². The zero-order valence-corrected chi connectivity index (χ0v) is 10.7. The van der Waals surface area contributed by atoms with Gasteiger partial charge in [0.15, 0.2) is 0 Å². The average molecular weight is 249 g/mol. The molecule has 7 heteroatoms. The van der Waals surface area contributed by atoms with Gasteiger partial charge in [-0.2, -0.15) is 4.37 Å². The van der Waals surface area contributed by atoms with Gasteiger partial charge in [0.1, 0.15) is 15.7 Å². The average Bonchev–Trinajstić information content (AvgIpc) is 2.50. The molecule has 0 aliphatic heterocycles. The molecule has 15 heavy (non-hydrogen) atoms. The van der Waals surface area contributed by atoms with Gasteiger partial charge in [-0.15, -0.1) is 0 Å². The SMILES string of the molecule is CC(C)c1nsc(NCCS(C)(=O)=O)n1. The standard InChI is InChI=1S/C8H15N3O2S2/c1-6(2)7-10-8(14-11-7)9-4-5-15(3,12)13/h6H,4-5H2,1-3H3,(H,9,10,11). The molecule has 1 aromatic rings. The van der Waals surface area contributed by atoms with Gasteiger partial charge in [-0.3, -0.25) is 0 Å². The lowest BCUT2D eigenvalue weighted by Crippen LogP contribution is -2.13.